The van der Waals surface area contributed by atoms with E-state index in [2.05, 4.69) is 10.3 Å². The van der Waals surface area contributed by atoms with Crippen molar-refractivity contribution in [3.8, 4) is 0 Å². The summed E-state index contributed by atoms with van der Waals surface area (Å²) in [4.78, 5) is 12.9. The zero-order valence-corrected chi connectivity index (χ0v) is 11.5. The van der Waals surface area contributed by atoms with Gasteiger partial charge < -0.3 is 13.7 Å². The maximum Gasteiger partial charge on any atom is 0.419 e. The molecule has 2 rings (SSSR count). The van der Waals surface area contributed by atoms with E-state index in [1.54, 1.807) is 24.3 Å². The Balaban J connectivity index is 2.29. The highest BCUT2D eigenvalue weighted by molar-refractivity contribution is 7.41. The van der Waals surface area contributed by atoms with Crippen molar-refractivity contribution in [3.05, 3.63) is 34.6 Å². The second-order valence-corrected chi connectivity index (χ2v) is 4.55. The molecule has 2 aromatic rings. The average molecular weight is 283 g/mol. The zero-order valence-electron chi connectivity index (χ0n) is 10.6. The first-order valence-corrected chi connectivity index (χ1v) is 6.95. The van der Waals surface area contributed by atoms with E-state index in [4.69, 9.17) is 13.7 Å². The Kier molecular flexibility index (Phi) is 4.79. The van der Waals surface area contributed by atoms with E-state index in [0.29, 0.717) is 24.1 Å². The zero-order chi connectivity index (χ0) is 13.7. The van der Waals surface area contributed by atoms with Crippen LogP contribution in [0.25, 0.3) is 10.9 Å². The van der Waals surface area contributed by atoms with Gasteiger partial charge in [0, 0.05) is 0 Å². The number of nitrogens with zero attached hydrogens (tertiary/aromatic N) is 3. The van der Waals surface area contributed by atoms with Crippen molar-refractivity contribution in [1.29, 1.82) is 0 Å². The number of fused-ring (bicyclic) bond motifs is 1. The molecule has 0 fully saturated rings. The summed E-state index contributed by atoms with van der Waals surface area (Å²) in [6.45, 7) is 4.46. The number of benzene rings is 1. The van der Waals surface area contributed by atoms with Gasteiger partial charge in [0.05, 0.1) is 18.6 Å². The summed E-state index contributed by atoms with van der Waals surface area (Å²) in [6, 6.07) is 6.91. The van der Waals surface area contributed by atoms with Crippen LogP contribution in [0.4, 0.5) is 0 Å². The molecule has 0 N–H and O–H groups in total. The van der Waals surface area contributed by atoms with Crippen LogP contribution in [0.3, 0.4) is 0 Å². The van der Waals surface area contributed by atoms with Crippen molar-refractivity contribution in [2.45, 2.75) is 13.8 Å². The molecule has 1 aromatic carbocycles. The number of aromatic nitrogens is 3. The Morgan fingerprint density at radius 2 is 1.89 bits per heavy atom. The van der Waals surface area contributed by atoms with Crippen LogP contribution >= 0.6 is 8.60 Å². The van der Waals surface area contributed by atoms with Crippen molar-refractivity contribution in [3.63, 3.8) is 0 Å². The van der Waals surface area contributed by atoms with Gasteiger partial charge in [-0.25, -0.2) is 0 Å². The molecule has 0 bridgehead atoms. The summed E-state index contributed by atoms with van der Waals surface area (Å²) >= 11 is 0. The maximum atomic E-state index is 12.1. The number of rotatable bonds is 6. The smallest absolute Gasteiger partial charge is 0.312 e. The van der Waals surface area contributed by atoms with E-state index < -0.39 is 14.2 Å². The largest absolute Gasteiger partial charge is 0.419 e. The molecule has 0 unspecified atom stereocenters. The van der Waals surface area contributed by atoms with Gasteiger partial charge in [-0.3, -0.25) is 4.79 Å². The lowest BCUT2D eigenvalue weighted by Gasteiger charge is -2.14. The first-order chi connectivity index (χ1) is 9.26. The SMILES string of the molecule is CCOP(OCC)On1nnc2ccccc2c1=O. The molecule has 0 aliphatic heterocycles. The molecule has 0 spiro atoms. The van der Waals surface area contributed by atoms with Crippen molar-refractivity contribution in [1.82, 2.24) is 15.2 Å². The van der Waals surface area contributed by atoms with Gasteiger partial charge >= 0.3 is 14.2 Å². The highest BCUT2D eigenvalue weighted by atomic mass is 31.2. The standard InChI is InChI=1S/C11H14N3O4P/c1-3-16-19(17-4-2)18-14-11(15)9-7-5-6-8-10(9)12-13-14/h5-8H,3-4H2,1-2H3. The predicted molar refractivity (Wildman–Crippen MR) is 70.6 cm³/mol. The molecule has 0 atom stereocenters. The van der Waals surface area contributed by atoms with E-state index in [1.165, 1.54) is 0 Å². The fraction of sp³-hybridized carbons (Fsp3) is 0.364. The van der Waals surface area contributed by atoms with E-state index in [0.717, 1.165) is 4.85 Å². The van der Waals surface area contributed by atoms with Crippen LogP contribution < -0.4 is 10.2 Å². The third-order valence-electron chi connectivity index (χ3n) is 2.15. The van der Waals surface area contributed by atoms with Crippen LogP contribution in [0.5, 0.6) is 0 Å². The van der Waals surface area contributed by atoms with Gasteiger partial charge in [0.15, 0.2) is 0 Å². The van der Waals surface area contributed by atoms with E-state index in [9.17, 15) is 4.79 Å². The van der Waals surface area contributed by atoms with Gasteiger partial charge in [-0.05, 0) is 36.0 Å². The minimum atomic E-state index is -1.65. The number of hydrogen-bond acceptors (Lipinski definition) is 6. The normalized spacial score (nSPS) is 11.1. The fourth-order valence-corrected chi connectivity index (χ4v) is 2.21. The average Bonchev–Trinajstić information content (AvgIpc) is 2.43. The van der Waals surface area contributed by atoms with Gasteiger partial charge in [-0.1, -0.05) is 12.1 Å². The predicted octanol–water partition coefficient (Wildman–Crippen LogP) is 1.52. The van der Waals surface area contributed by atoms with Crippen LogP contribution in [0.15, 0.2) is 29.1 Å². The Morgan fingerprint density at radius 3 is 2.58 bits per heavy atom. The van der Waals surface area contributed by atoms with Gasteiger partial charge in [0.1, 0.15) is 5.52 Å². The molecule has 0 amide bonds. The summed E-state index contributed by atoms with van der Waals surface area (Å²) < 4.78 is 15.8. The fourth-order valence-electron chi connectivity index (χ4n) is 1.39. The molecule has 1 heterocycles. The van der Waals surface area contributed by atoms with E-state index in [-0.39, 0.29) is 0 Å². The molecule has 102 valence electrons. The molecule has 0 saturated heterocycles. The van der Waals surface area contributed by atoms with Crippen LogP contribution in [0.1, 0.15) is 13.8 Å². The maximum absolute atomic E-state index is 12.1. The highest BCUT2D eigenvalue weighted by Crippen LogP contribution is 2.34. The van der Waals surface area contributed by atoms with E-state index in [1.807, 2.05) is 13.8 Å². The summed E-state index contributed by atoms with van der Waals surface area (Å²) in [5.74, 6) is 0. The van der Waals surface area contributed by atoms with Gasteiger partial charge in [0.2, 0.25) is 0 Å². The molecule has 1 aromatic heterocycles. The Hall–Kier alpha value is -1.56. The first kappa shape index (κ1) is 13.9. The molecule has 8 heteroatoms. The van der Waals surface area contributed by atoms with Crippen LogP contribution in [0.2, 0.25) is 0 Å². The summed E-state index contributed by atoms with van der Waals surface area (Å²) in [5, 5.41) is 8.03. The number of hydrogen-bond donors (Lipinski definition) is 0. The summed E-state index contributed by atoms with van der Waals surface area (Å²) in [6.07, 6.45) is 0. The Morgan fingerprint density at radius 1 is 1.21 bits per heavy atom. The van der Waals surface area contributed by atoms with Gasteiger partial charge in [0.25, 0.3) is 0 Å². The topological polar surface area (TPSA) is 75.5 Å². The minimum absolute atomic E-state index is 0.391. The molecule has 0 aliphatic carbocycles. The van der Waals surface area contributed by atoms with Crippen LogP contribution in [0, 0.1) is 0 Å². The van der Waals surface area contributed by atoms with Crippen molar-refractivity contribution in [2.24, 2.45) is 0 Å². The Labute approximate surface area is 111 Å². The summed E-state index contributed by atoms with van der Waals surface area (Å²) in [7, 11) is -1.65. The Bertz CT molecular complexity index is 598. The first-order valence-electron chi connectivity index (χ1n) is 5.85. The monoisotopic (exact) mass is 283 g/mol. The molecule has 19 heavy (non-hydrogen) atoms. The van der Waals surface area contributed by atoms with Gasteiger partial charge in [-0.15, -0.1) is 5.10 Å². The second-order valence-electron chi connectivity index (χ2n) is 3.43. The van der Waals surface area contributed by atoms with Crippen molar-refractivity contribution < 1.29 is 13.7 Å². The molecule has 0 saturated carbocycles. The lowest BCUT2D eigenvalue weighted by molar-refractivity contribution is 0.130. The molecular weight excluding hydrogens is 269 g/mol. The molecule has 0 aliphatic rings. The summed E-state index contributed by atoms with van der Waals surface area (Å²) in [5.41, 5.74) is 0.127. The van der Waals surface area contributed by atoms with Gasteiger partial charge in [-0.2, -0.15) is 0 Å². The lowest BCUT2D eigenvalue weighted by atomic mass is 10.2. The molecule has 0 radical (unpaired) electrons. The molecule has 7 nitrogen and oxygen atoms in total. The second kappa shape index (κ2) is 6.56. The minimum Gasteiger partial charge on any atom is -0.312 e. The van der Waals surface area contributed by atoms with Crippen LogP contribution in [-0.4, -0.2) is 28.4 Å². The lowest BCUT2D eigenvalue weighted by Crippen LogP contribution is -2.29. The third-order valence-corrected chi connectivity index (χ3v) is 3.38. The highest BCUT2D eigenvalue weighted by Gasteiger charge is 2.16. The van der Waals surface area contributed by atoms with E-state index >= 15 is 0 Å². The van der Waals surface area contributed by atoms with Crippen LogP contribution in [-0.2, 0) is 9.05 Å². The van der Waals surface area contributed by atoms with Crippen molar-refractivity contribution in [2.75, 3.05) is 13.2 Å². The van der Waals surface area contributed by atoms with Crippen molar-refractivity contribution >= 4 is 19.5 Å². The molecular formula is C11H14N3O4P. The third kappa shape index (κ3) is 3.26. The quantitative estimate of drug-likeness (QED) is 0.748.